The lowest BCUT2D eigenvalue weighted by atomic mass is 9.85. The van der Waals surface area contributed by atoms with Crippen molar-refractivity contribution in [1.29, 1.82) is 5.26 Å². The fourth-order valence-corrected chi connectivity index (χ4v) is 2.65. The van der Waals surface area contributed by atoms with Gasteiger partial charge in [-0.25, -0.2) is 5.53 Å². The molecule has 6 heteroatoms. The first-order valence-electron chi connectivity index (χ1n) is 7.99. The van der Waals surface area contributed by atoms with Gasteiger partial charge in [0, 0.05) is 5.92 Å². The summed E-state index contributed by atoms with van der Waals surface area (Å²) in [5.74, 6) is -0.289. The second kappa shape index (κ2) is 9.26. The van der Waals surface area contributed by atoms with E-state index in [-0.39, 0.29) is 12.2 Å². The second-order valence-electron chi connectivity index (χ2n) is 5.65. The first kappa shape index (κ1) is 17.4. The smallest absolute Gasteiger partial charge is 0.218 e. The first-order valence-corrected chi connectivity index (χ1v) is 7.99. The Balaban J connectivity index is 2.02. The number of nitriles is 1. The highest BCUT2D eigenvalue weighted by molar-refractivity contribution is 6.31. The van der Waals surface area contributed by atoms with Crippen LogP contribution in [-0.2, 0) is 9.59 Å². The highest BCUT2D eigenvalue weighted by Crippen LogP contribution is 2.25. The Morgan fingerprint density at radius 3 is 2.50 bits per heavy atom. The number of nitrogens with one attached hydrogen (secondary N) is 2. The average Bonchev–Trinajstić information content (AvgIpc) is 2.65. The lowest BCUT2D eigenvalue weighted by Gasteiger charge is -2.21. The van der Waals surface area contributed by atoms with Crippen molar-refractivity contribution in [2.75, 3.05) is 5.43 Å². The number of hydrogen-bond donors (Lipinski definition) is 2. The number of nitrogens with zero attached hydrogens (tertiary/aromatic N) is 2. The number of benzene rings is 1. The van der Waals surface area contributed by atoms with Crippen molar-refractivity contribution in [3.63, 3.8) is 0 Å². The van der Waals surface area contributed by atoms with E-state index in [1.807, 2.05) is 0 Å². The predicted octanol–water partition coefficient (Wildman–Crippen LogP) is 2.74. The molecular weight excluding hydrogens is 304 g/mol. The molecule has 1 saturated carbocycles. The van der Waals surface area contributed by atoms with Gasteiger partial charge < -0.3 is 0 Å². The number of ketones is 1. The van der Waals surface area contributed by atoms with Gasteiger partial charge in [-0.15, -0.1) is 0 Å². The van der Waals surface area contributed by atoms with Gasteiger partial charge in [0.05, 0.1) is 23.0 Å². The Bertz CT molecular complexity index is 665. The predicted molar refractivity (Wildman–Crippen MR) is 92.1 cm³/mol. The molecule has 0 unspecified atom stereocenters. The molecule has 24 heavy (non-hydrogen) atoms. The third-order valence-electron chi connectivity index (χ3n) is 3.96. The molecule has 6 nitrogen and oxygen atoms in total. The Hall–Kier alpha value is -2.94. The van der Waals surface area contributed by atoms with Crippen LogP contribution in [0, 0.1) is 17.2 Å². The molecule has 0 saturated heterocycles. The summed E-state index contributed by atoms with van der Waals surface area (Å²) < 4.78 is 0. The van der Waals surface area contributed by atoms with E-state index in [4.69, 9.17) is 5.26 Å². The standard InChI is InChI=1S/C18H20N4O2/c19-12-14-6-8-16(9-7-14)20-22-21-18(11-10-17(24)13-23)15-4-2-1-3-5-15/h6-11,13,15,20,22H,1-5H2/b11-10-,21-18+. The van der Waals surface area contributed by atoms with Gasteiger partial charge in [-0.05, 0) is 49.3 Å². The quantitative estimate of drug-likeness (QED) is 0.264. The number of hydrazone groups is 1. The van der Waals surface area contributed by atoms with Gasteiger partial charge in [-0.1, -0.05) is 19.3 Å². The van der Waals surface area contributed by atoms with Crippen LogP contribution < -0.4 is 11.0 Å². The maximum Gasteiger partial charge on any atom is 0.218 e. The van der Waals surface area contributed by atoms with E-state index in [1.165, 1.54) is 12.5 Å². The van der Waals surface area contributed by atoms with Crippen LogP contribution in [-0.4, -0.2) is 17.8 Å². The minimum Gasteiger partial charge on any atom is -0.294 e. The summed E-state index contributed by atoms with van der Waals surface area (Å²) in [6.45, 7) is 0. The van der Waals surface area contributed by atoms with E-state index in [2.05, 4.69) is 22.1 Å². The molecule has 0 atom stereocenters. The molecule has 0 bridgehead atoms. The second-order valence-corrected chi connectivity index (χ2v) is 5.65. The van der Waals surface area contributed by atoms with Gasteiger partial charge >= 0.3 is 0 Å². The average molecular weight is 324 g/mol. The van der Waals surface area contributed by atoms with E-state index in [9.17, 15) is 9.59 Å². The largest absolute Gasteiger partial charge is 0.294 e. The molecular formula is C18H20N4O2. The van der Waals surface area contributed by atoms with Gasteiger partial charge in [0.1, 0.15) is 0 Å². The van der Waals surface area contributed by atoms with Crippen LogP contribution in [0.25, 0.3) is 0 Å². The Labute approximate surface area is 141 Å². The van der Waals surface area contributed by atoms with Crippen LogP contribution >= 0.6 is 0 Å². The molecule has 1 aromatic rings. The van der Waals surface area contributed by atoms with Crippen molar-refractivity contribution < 1.29 is 9.59 Å². The van der Waals surface area contributed by atoms with Gasteiger partial charge in [0.15, 0.2) is 6.29 Å². The first-order chi connectivity index (χ1) is 11.7. The third-order valence-corrected chi connectivity index (χ3v) is 3.96. The number of anilines is 1. The zero-order valence-electron chi connectivity index (χ0n) is 13.4. The molecule has 0 heterocycles. The summed E-state index contributed by atoms with van der Waals surface area (Å²) in [5, 5.41) is 13.1. The van der Waals surface area contributed by atoms with Crippen molar-refractivity contribution in [2.24, 2.45) is 11.0 Å². The zero-order valence-corrected chi connectivity index (χ0v) is 13.4. The summed E-state index contributed by atoms with van der Waals surface area (Å²) in [4.78, 5) is 21.6. The molecule has 0 radical (unpaired) electrons. The number of allylic oxidation sites excluding steroid dienone is 2. The summed E-state index contributed by atoms with van der Waals surface area (Å²) >= 11 is 0. The number of carbonyl (C=O) groups excluding carboxylic acids is 2. The van der Waals surface area contributed by atoms with Crippen LogP contribution in [0.2, 0.25) is 0 Å². The van der Waals surface area contributed by atoms with Crippen LogP contribution in [0.4, 0.5) is 5.69 Å². The van der Waals surface area contributed by atoms with Crippen molar-refractivity contribution >= 4 is 23.5 Å². The zero-order chi connectivity index (χ0) is 17.2. The summed E-state index contributed by atoms with van der Waals surface area (Å²) in [6, 6.07) is 9.01. The molecule has 0 amide bonds. The minimum absolute atomic E-state index is 0.282. The van der Waals surface area contributed by atoms with Gasteiger partial charge in [-0.3, -0.25) is 15.0 Å². The molecule has 1 aliphatic carbocycles. The SMILES string of the molecule is N#Cc1ccc(NN/N=C(\C=C/C(=O)C=O)C2CCCCC2)cc1. The Morgan fingerprint density at radius 1 is 1.17 bits per heavy atom. The van der Waals surface area contributed by atoms with Gasteiger partial charge in [0.2, 0.25) is 5.78 Å². The number of hydrogen-bond acceptors (Lipinski definition) is 6. The van der Waals surface area contributed by atoms with E-state index in [1.54, 1.807) is 30.3 Å². The normalized spacial score (nSPS) is 15.7. The molecule has 0 spiro atoms. The highest BCUT2D eigenvalue weighted by Gasteiger charge is 2.17. The number of hydrazine groups is 1. The minimum atomic E-state index is -0.571. The van der Waals surface area contributed by atoms with E-state index in [0.29, 0.717) is 5.56 Å². The Kier molecular flexibility index (Phi) is 6.72. The monoisotopic (exact) mass is 324 g/mol. The van der Waals surface area contributed by atoms with Crippen LogP contribution in [0.15, 0.2) is 41.5 Å². The lowest BCUT2D eigenvalue weighted by molar-refractivity contribution is -0.126. The molecule has 0 aromatic heterocycles. The fraction of sp³-hybridized carbons (Fsp3) is 0.333. The molecule has 0 aliphatic heterocycles. The molecule has 1 fully saturated rings. The van der Waals surface area contributed by atoms with Gasteiger partial charge in [-0.2, -0.15) is 10.4 Å². The molecule has 124 valence electrons. The highest BCUT2D eigenvalue weighted by atomic mass is 16.2. The summed E-state index contributed by atoms with van der Waals surface area (Å²) in [5.41, 5.74) is 7.83. The Morgan fingerprint density at radius 2 is 1.88 bits per heavy atom. The fourth-order valence-electron chi connectivity index (χ4n) is 2.65. The van der Waals surface area contributed by atoms with Crippen molar-refractivity contribution in [1.82, 2.24) is 5.53 Å². The van der Waals surface area contributed by atoms with E-state index >= 15 is 0 Å². The maximum atomic E-state index is 11.2. The van der Waals surface area contributed by atoms with E-state index < -0.39 is 5.78 Å². The topological polar surface area (TPSA) is 94.3 Å². The van der Waals surface area contributed by atoms with Gasteiger partial charge in [0.25, 0.3) is 0 Å². The van der Waals surface area contributed by atoms with Crippen molar-refractivity contribution in [2.45, 2.75) is 32.1 Å². The van der Waals surface area contributed by atoms with Crippen LogP contribution in [0.5, 0.6) is 0 Å². The van der Waals surface area contributed by atoms with E-state index in [0.717, 1.165) is 37.1 Å². The van der Waals surface area contributed by atoms with Crippen LogP contribution in [0.3, 0.4) is 0 Å². The van der Waals surface area contributed by atoms with Crippen molar-refractivity contribution in [3.8, 4) is 6.07 Å². The number of aldehydes is 1. The lowest BCUT2D eigenvalue weighted by Crippen LogP contribution is -2.23. The molecule has 2 rings (SSSR count). The summed E-state index contributed by atoms with van der Waals surface area (Å²) in [7, 11) is 0. The number of carbonyl (C=O) groups is 2. The molecule has 1 aromatic carbocycles. The van der Waals surface area contributed by atoms with Crippen molar-refractivity contribution in [3.05, 3.63) is 42.0 Å². The molecule has 2 N–H and O–H groups in total. The summed E-state index contributed by atoms with van der Waals surface area (Å²) in [6.07, 6.45) is 8.71. The van der Waals surface area contributed by atoms with Crippen LogP contribution in [0.1, 0.15) is 37.7 Å². The third kappa shape index (κ3) is 5.36. The maximum absolute atomic E-state index is 11.2. The molecule has 1 aliphatic rings. The number of rotatable bonds is 7.